The molecule has 0 radical (unpaired) electrons. The average molecular weight is 229 g/mol. The summed E-state index contributed by atoms with van der Waals surface area (Å²) in [5, 5.41) is 2.75. The third kappa shape index (κ3) is 7.51. The number of carbonyl (C=O) groups excluding carboxylic acids is 1. The highest BCUT2D eigenvalue weighted by molar-refractivity contribution is 5.67. The number of ether oxygens (including phenoxy) is 2. The first-order valence-corrected chi connectivity index (χ1v) is 6.06. The van der Waals surface area contributed by atoms with E-state index in [9.17, 15) is 4.79 Å². The predicted octanol–water partition coefficient (Wildman–Crippen LogP) is 2.47. The van der Waals surface area contributed by atoms with Gasteiger partial charge in [-0.1, -0.05) is 12.8 Å². The fourth-order valence-corrected chi connectivity index (χ4v) is 1.41. The van der Waals surface area contributed by atoms with Crippen molar-refractivity contribution in [3.63, 3.8) is 0 Å². The Balaban J connectivity index is 1.87. The van der Waals surface area contributed by atoms with Gasteiger partial charge in [0.1, 0.15) is 5.60 Å². The zero-order chi connectivity index (χ0) is 12.0. The van der Waals surface area contributed by atoms with E-state index in [1.54, 1.807) is 0 Å². The van der Waals surface area contributed by atoms with Crippen LogP contribution in [0.15, 0.2) is 0 Å². The zero-order valence-electron chi connectivity index (χ0n) is 10.5. The molecule has 1 aliphatic heterocycles. The second-order valence-electron chi connectivity index (χ2n) is 5.23. The van der Waals surface area contributed by atoms with E-state index in [4.69, 9.17) is 9.47 Å². The van der Waals surface area contributed by atoms with Gasteiger partial charge in [-0.15, -0.1) is 0 Å². The van der Waals surface area contributed by atoms with Crippen LogP contribution >= 0.6 is 0 Å². The van der Waals surface area contributed by atoms with Gasteiger partial charge in [-0.25, -0.2) is 4.79 Å². The second-order valence-corrected chi connectivity index (χ2v) is 5.23. The van der Waals surface area contributed by atoms with E-state index in [1.807, 2.05) is 20.8 Å². The number of hydrogen-bond acceptors (Lipinski definition) is 3. The minimum absolute atomic E-state index is 0.321. The van der Waals surface area contributed by atoms with Gasteiger partial charge in [-0.05, 0) is 33.6 Å². The number of rotatable bonds is 6. The highest BCUT2D eigenvalue weighted by Crippen LogP contribution is 2.16. The first-order chi connectivity index (χ1) is 7.47. The molecular weight excluding hydrogens is 206 g/mol. The number of amides is 1. The Morgan fingerprint density at radius 3 is 2.62 bits per heavy atom. The summed E-state index contributed by atoms with van der Waals surface area (Å²) < 4.78 is 10.2. The van der Waals surface area contributed by atoms with Gasteiger partial charge < -0.3 is 14.8 Å². The van der Waals surface area contributed by atoms with Crippen molar-refractivity contribution in [1.29, 1.82) is 0 Å². The topological polar surface area (TPSA) is 50.9 Å². The molecule has 1 rings (SSSR count). The van der Waals surface area contributed by atoms with Crippen LogP contribution in [-0.2, 0) is 9.47 Å². The van der Waals surface area contributed by atoms with Crippen LogP contribution in [0.5, 0.6) is 0 Å². The van der Waals surface area contributed by atoms with Crippen LogP contribution in [0.4, 0.5) is 4.79 Å². The van der Waals surface area contributed by atoms with Gasteiger partial charge >= 0.3 is 6.09 Å². The van der Waals surface area contributed by atoms with E-state index in [2.05, 4.69) is 5.32 Å². The SMILES string of the molecule is CC(C)(C)OC(=O)NCCCCCC1CO1. The maximum Gasteiger partial charge on any atom is 0.407 e. The molecule has 1 aliphatic rings. The van der Waals surface area contributed by atoms with Crippen LogP contribution in [0.3, 0.4) is 0 Å². The molecule has 16 heavy (non-hydrogen) atoms. The van der Waals surface area contributed by atoms with Gasteiger partial charge in [0.15, 0.2) is 0 Å². The molecular formula is C12H23NO3. The molecule has 1 amide bonds. The van der Waals surface area contributed by atoms with Gasteiger partial charge in [0.05, 0.1) is 12.7 Å². The van der Waals surface area contributed by atoms with Crippen molar-refractivity contribution in [3.8, 4) is 0 Å². The van der Waals surface area contributed by atoms with Crippen molar-refractivity contribution >= 4 is 6.09 Å². The minimum Gasteiger partial charge on any atom is -0.444 e. The summed E-state index contributed by atoms with van der Waals surface area (Å²) in [6.07, 6.45) is 4.69. The standard InChI is InChI=1S/C12H23NO3/c1-12(2,3)16-11(14)13-8-6-4-5-7-10-9-15-10/h10H,4-9H2,1-3H3,(H,13,14). The molecule has 1 saturated heterocycles. The third-order valence-corrected chi connectivity index (χ3v) is 2.27. The number of hydrogen-bond donors (Lipinski definition) is 1. The fourth-order valence-electron chi connectivity index (χ4n) is 1.41. The molecule has 0 aromatic heterocycles. The Morgan fingerprint density at radius 2 is 2.06 bits per heavy atom. The smallest absolute Gasteiger partial charge is 0.407 e. The Kier molecular flexibility index (Phi) is 5.06. The fraction of sp³-hybridized carbons (Fsp3) is 0.917. The summed E-state index contributed by atoms with van der Waals surface area (Å²) in [4.78, 5) is 11.3. The highest BCUT2D eigenvalue weighted by Gasteiger charge is 2.21. The van der Waals surface area contributed by atoms with E-state index in [1.165, 1.54) is 6.42 Å². The van der Waals surface area contributed by atoms with Crippen LogP contribution in [0.2, 0.25) is 0 Å². The van der Waals surface area contributed by atoms with Gasteiger partial charge in [0.2, 0.25) is 0 Å². The van der Waals surface area contributed by atoms with E-state index in [0.717, 1.165) is 25.9 Å². The lowest BCUT2D eigenvalue weighted by Crippen LogP contribution is -2.32. The molecule has 0 aliphatic carbocycles. The van der Waals surface area contributed by atoms with Crippen LogP contribution in [0.25, 0.3) is 0 Å². The molecule has 1 heterocycles. The summed E-state index contributed by atoms with van der Waals surface area (Å²) in [5.41, 5.74) is -0.409. The summed E-state index contributed by atoms with van der Waals surface area (Å²) >= 11 is 0. The third-order valence-electron chi connectivity index (χ3n) is 2.27. The maximum atomic E-state index is 11.3. The molecule has 0 saturated carbocycles. The number of alkyl carbamates (subject to hydrolysis) is 1. The van der Waals surface area contributed by atoms with Gasteiger partial charge in [0.25, 0.3) is 0 Å². The van der Waals surface area contributed by atoms with Crippen molar-refractivity contribution in [3.05, 3.63) is 0 Å². The Morgan fingerprint density at radius 1 is 1.38 bits per heavy atom. The number of epoxide rings is 1. The second kappa shape index (κ2) is 6.09. The van der Waals surface area contributed by atoms with Crippen molar-refractivity contribution in [2.45, 2.75) is 58.2 Å². The van der Waals surface area contributed by atoms with Crippen LogP contribution in [-0.4, -0.2) is 30.9 Å². The van der Waals surface area contributed by atoms with E-state index < -0.39 is 5.60 Å². The van der Waals surface area contributed by atoms with Crippen molar-refractivity contribution in [1.82, 2.24) is 5.32 Å². The van der Waals surface area contributed by atoms with Crippen molar-refractivity contribution < 1.29 is 14.3 Å². The van der Waals surface area contributed by atoms with Gasteiger partial charge in [0, 0.05) is 6.54 Å². The number of unbranched alkanes of at least 4 members (excludes halogenated alkanes) is 2. The molecule has 0 spiro atoms. The number of carbonyl (C=O) groups is 1. The molecule has 94 valence electrons. The minimum atomic E-state index is -0.409. The molecule has 0 aromatic carbocycles. The Hall–Kier alpha value is -0.770. The summed E-state index contributed by atoms with van der Waals surface area (Å²) in [6.45, 7) is 7.23. The van der Waals surface area contributed by atoms with Crippen LogP contribution < -0.4 is 5.32 Å². The highest BCUT2D eigenvalue weighted by atomic mass is 16.6. The maximum absolute atomic E-state index is 11.3. The molecule has 0 bridgehead atoms. The molecule has 1 atom stereocenters. The quantitative estimate of drug-likeness (QED) is 0.562. The molecule has 1 unspecified atom stereocenters. The molecule has 1 fully saturated rings. The molecule has 4 heteroatoms. The molecule has 4 nitrogen and oxygen atoms in total. The summed E-state index contributed by atoms with van der Waals surface area (Å²) in [6, 6.07) is 0. The lowest BCUT2D eigenvalue weighted by molar-refractivity contribution is 0.0527. The molecule has 1 N–H and O–H groups in total. The van der Waals surface area contributed by atoms with Crippen LogP contribution in [0, 0.1) is 0 Å². The van der Waals surface area contributed by atoms with Crippen LogP contribution in [0.1, 0.15) is 46.5 Å². The lowest BCUT2D eigenvalue weighted by atomic mass is 10.1. The number of nitrogens with one attached hydrogen (secondary N) is 1. The largest absolute Gasteiger partial charge is 0.444 e. The monoisotopic (exact) mass is 229 g/mol. The van der Waals surface area contributed by atoms with Crippen molar-refractivity contribution in [2.24, 2.45) is 0 Å². The summed E-state index contributed by atoms with van der Waals surface area (Å²) in [7, 11) is 0. The average Bonchev–Trinajstić information content (AvgIpc) is 2.91. The molecule has 0 aromatic rings. The van der Waals surface area contributed by atoms with E-state index in [0.29, 0.717) is 12.6 Å². The van der Waals surface area contributed by atoms with E-state index >= 15 is 0 Å². The normalized spacial score (nSPS) is 19.3. The first kappa shape index (κ1) is 13.3. The Bertz CT molecular complexity index is 219. The van der Waals surface area contributed by atoms with Gasteiger partial charge in [-0.3, -0.25) is 0 Å². The zero-order valence-corrected chi connectivity index (χ0v) is 10.5. The summed E-state index contributed by atoms with van der Waals surface area (Å²) in [5.74, 6) is 0. The van der Waals surface area contributed by atoms with Gasteiger partial charge in [-0.2, -0.15) is 0 Å². The Labute approximate surface area is 97.7 Å². The predicted molar refractivity (Wildman–Crippen MR) is 62.4 cm³/mol. The lowest BCUT2D eigenvalue weighted by Gasteiger charge is -2.19. The van der Waals surface area contributed by atoms with E-state index in [-0.39, 0.29) is 6.09 Å². The first-order valence-electron chi connectivity index (χ1n) is 6.06. The van der Waals surface area contributed by atoms with Crippen molar-refractivity contribution in [2.75, 3.05) is 13.2 Å².